The van der Waals surface area contributed by atoms with Crippen molar-refractivity contribution in [2.24, 2.45) is 5.41 Å². The molecule has 0 unspecified atom stereocenters. The molecule has 1 aliphatic carbocycles. The first-order valence-electron chi connectivity index (χ1n) is 7.69. The maximum atomic E-state index is 12.8. The Morgan fingerprint density at radius 2 is 1.86 bits per heavy atom. The molecule has 4 nitrogen and oxygen atoms in total. The van der Waals surface area contributed by atoms with E-state index in [2.05, 4.69) is 0 Å². The number of carbonyl (C=O) groups excluding carboxylic acids is 1. The second kappa shape index (κ2) is 6.03. The number of amides is 1. The van der Waals surface area contributed by atoms with Gasteiger partial charge in [-0.05, 0) is 50.7 Å². The average molecular weight is 323 g/mol. The summed E-state index contributed by atoms with van der Waals surface area (Å²) >= 11 is 0. The van der Waals surface area contributed by atoms with Crippen molar-refractivity contribution in [3.8, 4) is 0 Å². The minimum absolute atomic E-state index is 0.0189. The number of hydrogen-bond acceptors (Lipinski definition) is 3. The number of sulfone groups is 1. The van der Waals surface area contributed by atoms with Gasteiger partial charge in [-0.15, -0.1) is 0 Å². The summed E-state index contributed by atoms with van der Waals surface area (Å²) in [6, 6.07) is 7.86. The third-order valence-corrected chi connectivity index (χ3v) is 5.35. The molecule has 22 heavy (non-hydrogen) atoms. The summed E-state index contributed by atoms with van der Waals surface area (Å²) in [6.45, 7) is 5.96. The Morgan fingerprint density at radius 3 is 2.32 bits per heavy atom. The predicted octanol–water partition coefficient (Wildman–Crippen LogP) is 2.95. The first-order chi connectivity index (χ1) is 10.1. The van der Waals surface area contributed by atoms with Gasteiger partial charge in [0.1, 0.15) is 9.84 Å². The Bertz CT molecular complexity index is 660. The van der Waals surface area contributed by atoms with E-state index in [0.29, 0.717) is 6.42 Å². The average Bonchev–Trinajstić information content (AvgIpc) is 3.08. The summed E-state index contributed by atoms with van der Waals surface area (Å²) in [7, 11) is -3.05. The van der Waals surface area contributed by atoms with Crippen molar-refractivity contribution in [3.05, 3.63) is 29.8 Å². The van der Waals surface area contributed by atoms with E-state index >= 15 is 0 Å². The number of para-hydroxylation sites is 1. The molecule has 0 bridgehead atoms. The quantitative estimate of drug-likeness (QED) is 0.809. The first-order valence-corrected chi connectivity index (χ1v) is 9.75. The van der Waals surface area contributed by atoms with Gasteiger partial charge in [-0.1, -0.05) is 18.2 Å². The van der Waals surface area contributed by atoms with E-state index in [4.69, 9.17) is 0 Å². The second-order valence-electron chi connectivity index (χ2n) is 6.89. The molecule has 0 aromatic heterocycles. The van der Waals surface area contributed by atoms with Gasteiger partial charge < -0.3 is 4.90 Å². The number of nitrogens with zero attached hydrogens (tertiary/aromatic N) is 1. The molecule has 1 aromatic rings. The summed E-state index contributed by atoms with van der Waals surface area (Å²) in [5.74, 6) is 0.135. The van der Waals surface area contributed by atoms with Gasteiger partial charge in [-0.3, -0.25) is 4.79 Å². The molecule has 0 atom stereocenters. The van der Waals surface area contributed by atoms with Crippen LogP contribution in [0.25, 0.3) is 0 Å². The van der Waals surface area contributed by atoms with Gasteiger partial charge in [0.05, 0.1) is 5.75 Å². The van der Waals surface area contributed by atoms with E-state index in [1.165, 1.54) is 6.26 Å². The molecule has 5 heteroatoms. The fourth-order valence-electron chi connectivity index (χ4n) is 3.05. The molecule has 1 aromatic carbocycles. The van der Waals surface area contributed by atoms with Crippen molar-refractivity contribution in [2.75, 3.05) is 16.9 Å². The Morgan fingerprint density at radius 1 is 1.27 bits per heavy atom. The molecule has 0 aliphatic heterocycles. The Kier molecular flexibility index (Phi) is 4.66. The molecule has 0 N–H and O–H groups in total. The standard InChI is InChI=1S/C17H25NO3S/c1-13(2)18(15-8-6-5-7-14(15)3)16(19)11-17(9-10-17)12-22(4,20)21/h5-8,13H,9-12H2,1-4H3. The number of rotatable bonds is 6. The Balaban J connectivity index is 2.20. The summed E-state index contributed by atoms with van der Waals surface area (Å²) in [4.78, 5) is 14.6. The first kappa shape index (κ1) is 17.0. The lowest BCUT2D eigenvalue weighted by Crippen LogP contribution is -2.39. The van der Waals surface area contributed by atoms with Gasteiger partial charge in [0, 0.05) is 24.4 Å². The second-order valence-corrected chi connectivity index (χ2v) is 9.03. The maximum absolute atomic E-state index is 12.8. The lowest BCUT2D eigenvalue weighted by atomic mass is 10.0. The summed E-state index contributed by atoms with van der Waals surface area (Å²) < 4.78 is 23.1. The van der Waals surface area contributed by atoms with Crippen molar-refractivity contribution in [3.63, 3.8) is 0 Å². The Hall–Kier alpha value is -1.36. The largest absolute Gasteiger partial charge is 0.310 e. The van der Waals surface area contributed by atoms with Crippen molar-refractivity contribution in [1.29, 1.82) is 0 Å². The maximum Gasteiger partial charge on any atom is 0.227 e. The zero-order chi connectivity index (χ0) is 16.5. The summed E-state index contributed by atoms with van der Waals surface area (Å²) in [6.07, 6.45) is 3.21. The van der Waals surface area contributed by atoms with Crippen LogP contribution in [0.4, 0.5) is 5.69 Å². The van der Waals surface area contributed by atoms with E-state index in [-0.39, 0.29) is 23.1 Å². The molecule has 2 rings (SSSR count). The molecule has 0 heterocycles. The highest BCUT2D eigenvalue weighted by Crippen LogP contribution is 2.50. The number of anilines is 1. The molecular weight excluding hydrogens is 298 g/mol. The highest BCUT2D eigenvalue weighted by Gasteiger charge is 2.47. The lowest BCUT2D eigenvalue weighted by molar-refractivity contribution is -0.120. The number of hydrogen-bond donors (Lipinski definition) is 0. The molecular formula is C17H25NO3S. The van der Waals surface area contributed by atoms with Crippen LogP contribution < -0.4 is 4.90 Å². The molecule has 0 saturated heterocycles. The highest BCUT2D eigenvalue weighted by molar-refractivity contribution is 7.90. The van der Waals surface area contributed by atoms with E-state index in [0.717, 1.165) is 24.1 Å². The van der Waals surface area contributed by atoms with E-state index < -0.39 is 9.84 Å². The van der Waals surface area contributed by atoms with E-state index in [9.17, 15) is 13.2 Å². The number of aryl methyl sites for hydroxylation is 1. The normalized spacial score (nSPS) is 16.6. The Labute approximate surface area is 133 Å². The van der Waals surface area contributed by atoms with Crippen LogP contribution in [-0.4, -0.2) is 32.4 Å². The molecule has 1 amide bonds. The smallest absolute Gasteiger partial charge is 0.227 e. The zero-order valence-electron chi connectivity index (χ0n) is 13.8. The summed E-state index contributed by atoms with van der Waals surface area (Å²) in [5.41, 5.74) is 1.63. The predicted molar refractivity (Wildman–Crippen MR) is 89.8 cm³/mol. The van der Waals surface area contributed by atoms with Crippen LogP contribution >= 0.6 is 0 Å². The zero-order valence-corrected chi connectivity index (χ0v) is 14.6. The van der Waals surface area contributed by atoms with Gasteiger partial charge in [0.15, 0.2) is 0 Å². The minimum atomic E-state index is -3.05. The van der Waals surface area contributed by atoms with Crippen LogP contribution in [0.5, 0.6) is 0 Å². The van der Waals surface area contributed by atoms with Gasteiger partial charge >= 0.3 is 0 Å². The molecule has 0 radical (unpaired) electrons. The van der Waals surface area contributed by atoms with Crippen LogP contribution in [0.3, 0.4) is 0 Å². The number of carbonyl (C=O) groups is 1. The van der Waals surface area contributed by atoms with E-state index in [1.54, 1.807) is 4.90 Å². The van der Waals surface area contributed by atoms with Crippen LogP contribution in [0, 0.1) is 12.3 Å². The SMILES string of the molecule is Cc1ccccc1N(C(=O)CC1(CS(C)(=O)=O)CC1)C(C)C. The van der Waals surface area contributed by atoms with E-state index in [1.807, 2.05) is 45.0 Å². The third kappa shape index (κ3) is 4.09. The molecule has 1 saturated carbocycles. The lowest BCUT2D eigenvalue weighted by Gasteiger charge is -2.30. The topological polar surface area (TPSA) is 54.5 Å². The fraction of sp³-hybridized carbons (Fsp3) is 0.588. The number of benzene rings is 1. The molecule has 122 valence electrons. The van der Waals surface area contributed by atoms with Gasteiger partial charge in [0.2, 0.25) is 5.91 Å². The van der Waals surface area contributed by atoms with Crippen LogP contribution in [0.1, 0.15) is 38.7 Å². The van der Waals surface area contributed by atoms with Crippen LogP contribution in [-0.2, 0) is 14.6 Å². The van der Waals surface area contributed by atoms with Crippen molar-refractivity contribution in [2.45, 2.75) is 46.1 Å². The van der Waals surface area contributed by atoms with Gasteiger partial charge in [-0.25, -0.2) is 8.42 Å². The molecule has 0 spiro atoms. The third-order valence-electron chi connectivity index (χ3n) is 4.21. The van der Waals surface area contributed by atoms with Crippen molar-refractivity contribution in [1.82, 2.24) is 0 Å². The van der Waals surface area contributed by atoms with Crippen LogP contribution in [0.2, 0.25) is 0 Å². The van der Waals surface area contributed by atoms with Crippen molar-refractivity contribution >= 4 is 21.4 Å². The summed E-state index contributed by atoms with van der Waals surface area (Å²) in [5, 5.41) is 0. The monoisotopic (exact) mass is 323 g/mol. The van der Waals surface area contributed by atoms with Gasteiger partial charge in [-0.2, -0.15) is 0 Å². The highest BCUT2D eigenvalue weighted by atomic mass is 32.2. The van der Waals surface area contributed by atoms with Crippen molar-refractivity contribution < 1.29 is 13.2 Å². The molecule has 1 aliphatic rings. The van der Waals surface area contributed by atoms with Crippen LogP contribution in [0.15, 0.2) is 24.3 Å². The van der Waals surface area contributed by atoms with Gasteiger partial charge in [0.25, 0.3) is 0 Å². The minimum Gasteiger partial charge on any atom is -0.310 e. The molecule has 1 fully saturated rings. The fourth-order valence-corrected chi connectivity index (χ4v) is 4.55.